The fourth-order valence-corrected chi connectivity index (χ4v) is 3.35. The molecule has 0 saturated carbocycles. The van der Waals surface area contributed by atoms with Crippen molar-refractivity contribution < 1.29 is 27.1 Å². The fraction of sp³-hybridized carbons (Fsp3) is 0.160. The molecule has 0 aliphatic carbocycles. The maximum Gasteiger partial charge on any atom is 1.00 e. The van der Waals surface area contributed by atoms with Crippen molar-refractivity contribution in [3.8, 4) is 0 Å². The molecule has 1 aliphatic rings. The van der Waals surface area contributed by atoms with Crippen molar-refractivity contribution in [2.75, 3.05) is 0 Å². The van der Waals surface area contributed by atoms with Crippen LogP contribution in [-0.4, -0.2) is 0 Å². The van der Waals surface area contributed by atoms with Gasteiger partial charge in [0.2, 0.25) is 0 Å². The zero-order valence-electron chi connectivity index (χ0n) is 15.1. The first-order chi connectivity index (χ1) is 12.9. The van der Waals surface area contributed by atoms with E-state index in [0.29, 0.717) is 0 Å². The predicted molar refractivity (Wildman–Crippen MR) is 106 cm³/mol. The molecule has 3 aromatic carbocycles. The van der Waals surface area contributed by atoms with Crippen LogP contribution in [0.15, 0.2) is 84.9 Å². The Morgan fingerprint density at radius 1 is 0.815 bits per heavy atom. The monoisotopic (exact) mass is 535 g/mol. The standard InChI is InChI=1S/C25H22O.Au/c1-3-11-20(12-4-1)13-7-10-18-24-23-17-9-8-16-22(23)19-25(26-24)21-14-5-2-6-15-21;/h1-9,11-12,14-17,24H,10,13,18H2;/q;+1. The summed E-state index contributed by atoms with van der Waals surface area (Å²) in [4.78, 5) is 0. The number of benzene rings is 3. The average molecular weight is 535 g/mol. The smallest absolute Gasteiger partial charge is 0.514 e. The van der Waals surface area contributed by atoms with Gasteiger partial charge in [-0.05, 0) is 5.56 Å². The summed E-state index contributed by atoms with van der Waals surface area (Å²) in [5, 5.41) is 0. The van der Waals surface area contributed by atoms with Crippen LogP contribution < -0.4 is 0 Å². The first kappa shape index (κ1) is 19.6. The number of hydrogen-bond acceptors (Lipinski definition) is 1. The minimum atomic E-state index is 0. The molecule has 0 saturated heterocycles. The van der Waals surface area contributed by atoms with Crippen LogP contribution in [0.4, 0.5) is 0 Å². The summed E-state index contributed by atoms with van der Waals surface area (Å²) in [6.07, 6.45) is 8.88. The molecule has 0 radical (unpaired) electrons. The molecule has 0 N–H and O–H groups in total. The molecule has 2 heteroatoms. The number of unbranched alkanes of at least 4 members (excludes halogenated alkanes) is 1. The molecule has 3 aromatic rings. The van der Waals surface area contributed by atoms with Gasteiger partial charge in [-0.25, -0.2) is 0 Å². The molecule has 0 aromatic heterocycles. The minimum absolute atomic E-state index is 0. The molecule has 1 nitrogen and oxygen atoms in total. The molecule has 1 aliphatic heterocycles. The van der Waals surface area contributed by atoms with E-state index in [2.05, 4.69) is 79.2 Å². The van der Waals surface area contributed by atoms with Crippen LogP contribution in [0.2, 0.25) is 0 Å². The Morgan fingerprint density at radius 3 is 2.26 bits per heavy atom. The van der Waals surface area contributed by atoms with E-state index in [1.165, 1.54) is 11.1 Å². The number of fused-ring (bicyclic) bond motifs is 1. The maximum atomic E-state index is 6.34. The molecule has 138 valence electrons. The Kier molecular flexibility index (Phi) is 7.00. The molecule has 0 fully saturated rings. The van der Waals surface area contributed by atoms with Crippen LogP contribution in [0.5, 0.6) is 0 Å². The van der Waals surface area contributed by atoms with Crippen LogP contribution in [0.1, 0.15) is 41.2 Å². The zero-order valence-corrected chi connectivity index (χ0v) is 17.2. The quantitative estimate of drug-likeness (QED) is 0.208. The van der Waals surface area contributed by atoms with Crippen molar-refractivity contribution in [3.05, 3.63) is 120 Å². The van der Waals surface area contributed by atoms with Gasteiger partial charge in [0.1, 0.15) is 6.42 Å². The van der Waals surface area contributed by atoms with E-state index in [1.807, 2.05) is 18.2 Å². The molecule has 1 unspecified atom stereocenters. The van der Waals surface area contributed by atoms with E-state index in [1.54, 1.807) is 0 Å². The zero-order chi connectivity index (χ0) is 17.6. The van der Waals surface area contributed by atoms with E-state index in [9.17, 15) is 0 Å². The SMILES string of the molecule is [Au+].[C-]1=C(c2ccccc2)OC(CC[CH+]Cc2ccccc2)c2ccccc21. The summed E-state index contributed by atoms with van der Waals surface area (Å²) in [5.74, 6) is 0.845. The Balaban J connectivity index is 0.00000210. The maximum absolute atomic E-state index is 6.34. The number of ether oxygens (including phenoxy) is 1. The van der Waals surface area contributed by atoms with Crippen molar-refractivity contribution in [3.63, 3.8) is 0 Å². The van der Waals surface area contributed by atoms with Crippen molar-refractivity contribution in [2.45, 2.75) is 25.4 Å². The van der Waals surface area contributed by atoms with Crippen molar-refractivity contribution in [1.82, 2.24) is 0 Å². The summed E-state index contributed by atoms with van der Waals surface area (Å²) in [6, 6.07) is 29.3. The van der Waals surface area contributed by atoms with E-state index < -0.39 is 0 Å². The third kappa shape index (κ3) is 4.95. The summed E-state index contributed by atoms with van der Waals surface area (Å²) >= 11 is 0. The van der Waals surface area contributed by atoms with Crippen molar-refractivity contribution in [2.24, 2.45) is 0 Å². The van der Waals surface area contributed by atoms with Gasteiger partial charge in [-0.2, -0.15) is 0 Å². The molecule has 1 atom stereocenters. The van der Waals surface area contributed by atoms with Gasteiger partial charge in [-0.3, -0.25) is 0 Å². The summed E-state index contributed by atoms with van der Waals surface area (Å²) in [6.45, 7) is 0. The Morgan fingerprint density at radius 2 is 1.48 bits per heavy atom. The van der Waals surface area contributed by atoms with Gasteiger partial charge < -0.3 is 4.74 Å². The molecule has 0 amide bonds. The minimum Gasteiger partial charge on any atom is -0.514 e. The van der Waals surface area contributed by atoms with Crippen LogP contribution >= 0.6 is 0 Å². The first-order valence-electron chi connectivity index (χ1n) is 9.21. The second-order valence-corrected chi connectivity index (χ2v) is 6.57. The number of rotatable bonds is 6. The number of hydrogen-bond donors (Lipinski definition) is 0. The first-order valence-corrected chi connectivity index (χ1v) is 9.21. The normalized spacial score (nSPS) is 15.0. The largest absolute Gasteiger partial charge is 1.00 e. The summed E-state index contributed by atoms with van der Waals surface area (Å²) in [7, 11) is 0. The van der Waals surface area contributed by atoms with Gasteiger partial charge in [0.25, 0.3) is 0 Å². The van der Waals surface area contributed by atoms with Crippen molar-refractivity contribution >= 4 is 5.76 Å². The molecule has 1 heterocycles. The third-order valence-electron chi connectivity index (χ3n) is 4.71. The van der Waals surface area contributed by atoms with Gasteiger partial charge in [0.15, 0.2) is 0 Å². The van der Waals surface area contributed by atoms with E-state index >= 15 is 0 Å². The Hall–Kier alpha value is -2.19. The molecular formula is C25H22AuO+. The van der Waals surface area contributed by atoms with E-state index in [0.717, 1.165) is 36.1 Å². The van der Waals surface area contributed by atoms with Gasteiger partial charge in [0, 0.05) is 12.2 Å². The van der Waals surface area contributed by atoms with Gasteiger partial charge in [-0.15, -0.1) is 17.7 Å². The second kappa shape index (κ2) is 9.66. The average Bonchev–Trinajstić information content (AvgIpc) is 2.72. The topological polar surface area (TPSA) is 9.23 Å². The van der Waals surface area contributed by atoms with Gasteiger partial charge in [0.05, 0.1) is 18.9 Å². The third-order valence-corrected chi connectivity index (χ3v) is 4.71. The molecular weight excluding hydrogens is 513 g/mol. The summed E-state index contributed by atoms with van der Waals surface area (Å²) in [5.41, 5.74) is 4.82. The Bertz CT molecular complexity index is 871. The van der Waals surface area contributed by atoms with Gasteiger partial charge in [-0.1, -0.05) is 90.0 Å². The van der Waals surface area contributed by atoms with Crippen LogP contribution in [0.3, 0.4) is 0 Å². The molecule has 0 spiro atoms. The van der Waals surface area contributed by atoms with Crippen LogP contribution in [-0.2, 0) is 33.5 Å². The van der Waals surface area contributed by atoms with E-state index in [-0.39, 0.29) is 28.5 Å². The predicted octanol–water partition coefficient (Wildman–Crippen LogP) is 6.17. The Labute approximate surface area is 177 Å². The van der Waals surface area contributed by atoms with Gasteiger partial charge >= 0.3 is 22.4 Å². The summed E-state index contributed by atoms with van der Waals surface area (Å²) < 4.78 is 6.34. The second-order valence-electron chi connectivity index (χ2n) is 6.57. The molecule has 4 rings (SSSR count). The van der Waals surface area contributed by atoms with Crippen LogP contribution in [0.25, 0.3) is 5.76 Å². The fourth-order valence-electron chi connectivity index (χ4n) is 3.35. The van der Waals surface area contributed by atoms with Crippen LogP contribution in [0, 0.1) is 12.5 Å². The molecule has 27 heavy (non-hydrogen) atoms. The van der Waals surface area contributed by atoms with Crippen molar-refractivity contribution in [1.29, 1.82) is 0 Å². The van der Waals surface area contributed by atoms with E-state index in [4.69, 9.17) is 4.74 Å². The molecule has 0 bridgehead atoms.